The summed E-state index contributed by atoms with van der Waals surface area (Å²) in [4.78, 5) is 12.6. The van der Waals surface area contributed by atoms with Crippen molar-refractivity contribution in [1.82, 2.24) is 20.7 Å². The minimum absolute atomic E-state index is 0.0638. The van der Waals surface area contributed by atoms with Gasteiger partial charge in [0, 0.05) is 17.0 Å². The van der Waals surface area contributed by atoms with Crippen LogP contribution in [0.5, 0.6) is 0 Å². The molecule has 4 aromatic rings. The van der Waals surface area contributed by atoms with Crippen LogP contribution in [0.3, 0.4) is 0 Å². The van der Waals surface area contributed by atoms with Crippen LogP contribution in [0.4, 0.5) is 0 Å². The first-order chi connectivity index (χ1) is 12.7. The van der Waals surface area contributed by atoms with Crippen molar-refractivity contribution in [2.45, 2.75) is 19.4 Å². The largest absolute Gasteiger partial charge is 0.355 e. The number of aromatic amines is 1. The monoisotopic (exact) mass is 346 g/mol. The lowest BCUT2D eigenvalue weighted by Crippen LogP contribution is -2.28. The Morgan fingerprint density at radius 3 is 2.85 bits per heavy atom. The number of hydrogen-bond donors (Lipinski definition) is 2. The maximum absolute atomic E-state index is 12.6. The van der Waals surface area contributed by atoms with Gasteiger partial charge < -0.3 is 9.84 Å². The van der Waals surface area contributed by atoms with Crippen molar-refractivity contribution >= 4 is 16.8 Å². The molecule has 1 atom stereocenters. The number of nitrogens with one attached hydrogen (secondary N) is 2. The van der Waals surface area contributed by atoms with Crippen LogP contribution in [-0.4, -0.2) is 21.3 Å². The lowest BCUT2D eigenvalue weighted by Gasteiger charge is -2.16. The van der Waals surface area contributed by atoms with E-state index < -0.39 is 0 Å². The number of benzene rings is 2. The molecule has 2 aromatic carbocycles. The average molecular weight is 346 g/mol. The SMILES string of the molecule is CC[C@H](NC(=O)c1cc(-c2ccc3[nH]ncc3c2)on1)c1ccccc1. The molecular formula is C20H18N4O2. The highest BCUT2D eigenvalue weighted by Gasteiger charge is 2.18. The number of aromatic nitrogens is 3. The van der Waals surface area contributed by atoms with Crippen molar-refractivity contribution in [3.63, 3.8) is 0 Å². The van der Waals surface area contributed by atoms with Gasteiger partial charge in [0.15, 0.2) is 11.5 Å². The maximum Gasteiger partial charge on any atom is 0.273 e. The number of fused-ring (bicyclic) bond motifs is 1. The van der Waals surface area contributed by atoms with Crippen LogP contribution in [0, 0.1) is 0 Å². The van der Waals surface area contributed by atoms with E-state index in [4.69, 9.17) is 4.52 Å². The number of carbonyl (C=O) groups excluding carboxylic acids is 1. The molecule has 0 saturated carbocycles. The second-order valence-electron chi connectivity index (χ2n) is 6.09. The first-order valence-electron chi connectivity index (χ1n) is 8.50. The topological polar surface area (TPSA) is 83.8 Å². The molecule has 2 aromatic heterocycles. The first-order valence-corrected chi connectivity index (χ1v) is 8.50. The van der Waals surface area contributed by atoms with Gasteiger partial charge in [-0.1, -0.05) is 42.4 Å². The van der Waals surface area contributed by atoms with E-state index >= 15 is 0 Å². The minimum Gasteiger partial charge on any atom is -0.355 e. The predicted octanol–water partition coefficient (Wildman–Crippen LogP) is 4.10. The van der Waals surface area contributed by atoms with E-state index in [0.717, 1.165) is 28.5 Å². The van der Waals surface area contributed by atoms with Gasteiger partial charge >= 0.3 is 0 Å². The number of hydrogen-bond acceptors (Lipinski definition) is 4. The Balaban J connectivity index is 1.54. The third-order valence-corrected chi connectivity index (χ3v) is 4.38. The molecule has 0 spiro atoms. The van der Waals surface area contributed by atoms with Crippen LogP contribution in [0.2, 0.25) is 0 Å². The van der Waals surface area contributed by atoms with Crippen LogP contribution >= 0.6 is 0 Å². The summed E-state index contributed by atoms with van der Waals surface area (Å²) in [6, 6.07) is 17.3. The van der Waals surface area contributed by atoms with Gasteiger partial charge in [-0.05, 0) is 30.2 Å². The lowest BCUT2D eigenvalue weighted by molar-refractivity contribution is 0.0926. The predicted molar refractivity (Wildman–Crippen MR) is 98.5 cm³/mol. The fraction of sp³-hybridized carbons (Fsp3) is 0.150. The highest BCUT2D eigenvalue weighted by atomic mass is 16.5. The van der Waals surface area contributed by atoms with E-state index in [1.165, 1.54) is 0 Å². The normalized spacial score (nSPS) is 12.2. The number of H-pyrrole nitrogens is 1. The van der Waals surface area contributed by atoms with E-state index in [2.05, 4.69) is 20.7 Å². The summed E-state index contributed by atoms with van der Waals surface area (Å²) in [5, 5.41) is 14.8. The molecule has 0 aliphatic heterocycles. The number of amides is 1. The summed E-state index contributed by atoms with van der Waals surface area (Å²) in [7, 11) is 0. The van der Waals surface area contributed by atoms with Crippen molar-refractivity contribution in [3.05, 3.63) is 72.1 Å². The summed E-state index contributed by atoms with van der Waals surface area (Å²) in [6.07, 6.45) is 2.53. The van der Waals surface area contributed by atoms with Crippen molar-refractivity contribution in [2.75, 3.05) is 0 Å². The third-order valence-electron chi connectivity index (χ3n) is 4.38. The summed E-state index contributed by atoms with van der Waals surface area (Å²) in [5.74, 6) is 0.297. The van der Waals surface area contributed by atoms with Crippen LogP contribution in [0.1, 0.15) is 35.4 Å². The Morgan fingerprint density at radius 2 is 2.04 bits per heavy atom. The zero-order chi connectivity index (χ0) is 17.9. The van der Waals surface area contributed by atoms with Gasteiger partial charge in [0.2, 0.25) is 0 Å². The second kappa shape index (κ2) is 6.84. The molecule has 0 fully saturated rings. The second-order valence-corrected chi connectivity index (χ2v) is 6.09. The molecule has 26 heavy (non-hydrogen) atoms. The number of nitrogens with zero attached hydrogens (tertiary/aromatic N) is 2. The highest BCUT2D eigenvalue weighted by Crippen LogP contribution is 2.24. The van der Waals surface area contributed by atoms with Crippen LogP contribution in [0.25, 0.3) is 22.2 Å². The summed E-state index contributed by atoms with van der Waals surface area (Å²) in [6.45, 7) is 2.03. The summed E-state index contributed by atoms with van der Waals surface area (Å²) >= 11 is 0. The summed E-state index contributed by atoms with van der Waals surface area (Å²) < 4.78 is 5.38. The maximum atomic E-state index is 12.6. The quantitative estimate of drug-likeness (QED) is 0.570. The molecule has 0 bridgehead atoms. The fourth-order valence-corrected chi connectivity index (χ4v) is 2.95. The van der Waals surface area contributed by atoms with Gasteiger partial charge in [-0.25, -0.2) is 0 Å². The Bertz CT molecular complexity index is 1040. The first kappa shape index (κ1) is 16.1. The van der Waals surface area contributed by atoms with Crippen molar-refractivity contribution < 1.29 is 9.32 Å². The van der Waals surface area contributed by atoms with E-state index in [1.807, 2.05) is 55.5 Å². The molecule has 2 N–H and O–H groups in total. The van der Waals surface area contributed by atoms with Gasteiger partial charge in [0.1, 0.15) is 0 Å². The Kier molecular flexibility index (Phi) is 4.23. The third kappa shape index (κ3) is 3.09. The van der Waals surface area contributed by atoms with Crippen LogP contribution in [-0.2, 0) is 0 Å². The molecule has 0 saturated heterocycles. The van der Waals surface area contributed by atoms with Gasteiger partial charge in [-0.2, -0.15) is 5.10 Å². The van der Waals surface area contributed by atoms with Crippen LogP contribution in [0.15, 0.2) is 65.3 Å². The van der Waals surface area contributed by atoms with E-state index in [9.17, 15) is 4.79 Å². The van der Waals surface area contributed by atoms with Crippen LogP contribution < -0.4 is 5.32 Å². The minimum atomic E-state index is -0.250. The summed E-state index contributed by atoms with van der Waals surface area (Å²) in [5.41, 5.74) is 3.12. The Hall–Kier alpha value is -3.41. The fourth-order valence-electron chi connectivity index (χ4n) is 2.95. The molecule has 2 heterocycles. The van der Waals surface area contributed by atoms with E-state index in [-0.39, 0.29) is 17.6 Å². The average Bonchev–Trinajstić information content (AvgIpc) is 3.35. The molecule has 6 nitrogen and oxygen atoms in total. The molecule has 130 valence electrons. The molecule has 0 aliphatic carbocycles. The molecule has 0 unspecified atom stereocenters. The zero-order valence-electron chi connectivity index (χ0n) is 14.3. The smallest absolute Gasteiger partial charge is 0.273 e. The molecular weight excluding hydrogens is 328 g/mol. The molecule has 6 heteroatoms. The number of rotatable bonds is 5. The number of carbonyl (C=O) groups is 1. The molecule has 0 aliphatic rings. The molecule has 4 rings (SSSR count). The Labute approximate surface area is 150 Å². The van der Waals surface area contributed by atoms with Crippen molar-refractivity contribution in [3.8, 4) is 11.3 Å². The van der Waals surface area contributed by atoms with Gasteiger partial charge in [0.25, 0.3) is 5.91 Å². The molecule has 1 amide bonds. The lowest BCUT2D eigenvalue weighted by atomic mass is 10.0. The Morgan fingerprint density at radius 1 is 1.19 bits per heavy atom. The molecule has 0 radical (unpaired) electrons. The standard InChI is InChI=1S/C20H18N4O2/c1-2-16(13-6-4-3-5-7-13)22-20(25)18-11-19(26-24-18)14-8-9-17-15(10-14)12-21-23-17/h3-12,16H,2H2,1H3,(H,21,23)(H,22,25)/t16-/m0/s1. The van der Waals surface area contributed by atoms with Gasteiger partial charge in [-0.15, -0.1) is 0 Å². The highest BCUT2D eigenvalue weighted by molar-refractivity contribution is 5.93. The van der Waals surface area contributed by atoms with E-state index in [1.54, 1.807) is 12.3 Å². The van der Waals surface area contributed by atoms with Crippen molar-refractivity contribution in [2.24, 2.45) is 0 Å². The van der Waals surface area contributed by atoms with Gasteiger partial charge in [-0.3, -0.25) is 9.89 Å². The zero-order valence-corrected chi connectivity index (χ0v) is 14.3. The van der Waals surface area contributed by atoms with E-state index in [0.29, 0.717) is 5.76 Å². The van der Waals surface area contributed by atoms with Crippen molar-refractivity contribution in [1.29, 1.82) is 0 Å². The van der Waals surface area contributed by atoms with Gasteiger partial charge in [0.05, 0.1) is 17.8 Å².